The highest BCUT2D eigenvalue weighted by molar-refractivity contribution is 6.27. The molecule has 11 aromatic rings. The molecular weight excluding hydrogens is 617 g/mol. The lowest BCUT2D eigenvalue weighted by molar-refractivity contribution is 0.669. The van der Waals surface area contributed by atoms with E-state index in [1.54, 1.807) is 0 Å². The van der Waals surface area contributed by atoms with E-state index in [-0.39, 0.29) is 0 Å². The molecule has 1 nitrogen and oxygen atoms in total. The first-order valence-corrected chi connectivity index (χ1v) is 15.2. The summed E-state index contributed by atoms with van der Waals surface area (Å²) < 4.78 is 271. The van der Waals surface area contributed by atoms with Crippen molar-refractivity contribution in [1.29, 1.82) is 0 Å². The Morgan fingerprint density at radius 3 is 1.59 bits per heavy atom. The van der Waals surface area contributed by atoms with E-state index in [0.717, 1.165) is 6.07 Å². The van der Waals surface area contributed by atoms with Crippen LogP contribution in [0.3, 0.4) is 0 Å². The first-order chi connectivity index (χ1) is 37.4. The van der Waals surface area contributed by atoms with E-state index in [9.17, 15) is 17.8 Å². The van der Waals surface area contributed by atoms with Crippen molar-refractivity contribution in [1.82, 2.24) is 0 Å². The van der Waals surface area contributed by atoms with Gasteiger partial charge >= 0.3 is 0 Å². The highest BCUT2D eigenvalue weighted by Gasteiger charge is 2.21. The van der Waals surface area contributed by atoms with Crippen molar-refractivity contribution in [2.45, 2.75) is 0 Å². The lowest BCUT2D eigenvalue weighted by Crippen LogP contribution is -1.93. The molecule has 0 radical (unpaired) electrons. The highest BCUT2D eigenvalue weighted by Crippen LogP contribution is 2.49. The fraction of sp³-hybridized carbons (Fsp3) is 0. The molecule has 0 bridgehead atoms. The minimum absolute atomic E-state index is 0.495. The van der Waals surface area contributed by atoms with Crippen LogP contribution in [-0.2, 0) is 0 Å². The molecule has 0 aliphatic carbocycles. The van der Waals surface area contributed by atoms with Gasteiger partial charge in [0.25, 0.3) is 0 Å². The molecule has 0 amide bonds. The van der Waals surface area contributed by atoms with Crippen molar-refractivity contribution in [2.24, 2.45) is 0 Å². The van der Waals surface area contributed by atoms with Crippen molar-refractivity contribution in [2.75, 3.05) is 0 Å². The Hall–Kier alpha value is -6.70. The number of hydrogen-bond donors (Lipinski definition) is 0. The predicted octanol–water partition coefficient (Wildman–Crippen LogP) is 14.4. The number of furan rings is 1. The zero-order valence-corrected chi connectivity index (χ0v) is 25.5. The van der Waals surface area contributed by atoms with E-state index in [4.69, 9.17) is 26.3 Å². The lowest BCUT2D eigenvalue weighted by atomic mass is 9.82. The van der Waals surface area contributed by atoms with Crippen molar-refractivity contribution >= 4 is 75.8 Å². The van der Waals surface area contributed by atoms with E-state index < -0.39 is 284 Å². The van der Waals surface area contributed by atoms with Crippen molar-refractivity contribution in [3.8, 4) is 33.4 Å². The Kier molecular flexibility index (Phi) is 2.56. The average Bonchev–Trinajstić information content (AvgIpc) is 3.90. The predicted molar refractivity (Wildman–Crippen MR) is 218 cm³/mol. The maximum Gasteiger partial charge on any atom is 0.136 e. The van der Waals surface area contributed by atoms with Gasteiger partial charge in [0, 0.05) is 10.8 Å². The zero-order valence-electron chi connectivity index (χ0n) is 54.5. The first-order valence-electron chi connectivity index (χ1n) is 29.7. The Balaban J connectivity index is 1.50. The van der Waals surface area contributed by atoms with Crippen LogP contribution in [-0.4, -0.2) is 0 Å². The van der Waals surface area contributed by atoms with Gasteiger partial charge in [0.15, 0.2) is 0 Å². The van der Waals surface area contributed by atoms with Gasteiger partial charge in [0.1, 0.15) is 11.2 Å². The molecule has 0 spiro atoms. The third-order valence-corrected chi connectivity index (χ3v) is 8.71. The van der Waals surface area contributed by atoms with E-state index in [1.807, 2.05) is 0 Å². The fourth-order valence-electron chi connectivity index (χ4n) is 6.65. The maximum atomic E-state index is 9.85. The Morgan fingerprint density at radius 2 is 0.824 bits per heavy atom. The Morgan fingerprint density at radius 1 is 0.314 bits per heavy atom. The summed E-state index contributed by atoms with van der Waals surface area (Å²) >= 11 is 0. The van der Waals surface area contributed by atoms with Gasteiger partial charge in [-0.25, -0.2) is 0 Å². The van der Waals surface area contributed by atoms with Crippen molar-refractivity contribution in [3.63, 3.8) is 0 Å². The van der Waals surface area contributed by atoms with Crippen molar-refractivity contribution < 1.29 is 44.2 Å². The highest BCUT2D eigenvalue weighted by atomic mass is 16.3. The average molecular weight is 676 g/mol. The topological polar surface area (TPSA) is 13.1 Å². The minimum Gasteiger partial charge on any atom is -0.456 e. The van der Waals surface area contributed by atoms with Crippen LogP contribution in [0, 0.1) is 0 Å². The molecule has 0 unspecified atom stereocenters. The molecule has 1 heteroatoms. The normalized spacial score (nSPS) is 19.9. The number of benzene rings is 10. The third kappa shape index (κ3) is 4.16. The van der Waals surface area contributed by atoms with Crippen LogP contribution in [0.1, 0.15) is 39.8 Å². The van der Waals surface area contributed by atoms with Gasteiger partial charge in [0.05, 0.1) is 39.8 Å². The first kappa shape index (κ1) is 12.0. The SMILES string of the molecule is [2H]c1cc2c(-c3c([2H])c([2H])c([2H])c4c([2H])c([2H])c([2H])c(-c5c([2H])c([2H])c([2H])c6oc7c([2H])c8c([2H])c([2H])c([2H])c([2H])c8c([2H])c7c56)c34)c3c([2H])c([2H])c([2H])c([2H])c3c(-c3c([2H])c([2H])c([2H])c4c([2H])c([2H])c([2H])c([2H])c34)c2c([2H])c1[2H]. The summed E-state index contributed by atoms with van der Waals surface area (Å²) in [6, 6.07) is -25.6. The molecule has 0 fully saturated rings. The maximum absolute atomic E-state index is 9.85. The van der Waals surface area contributed by atoms with Gasteiger partial charge < -0.3 is 4.42 Å². The molecule has 0 aliphatic rings. The summed E-state index contributed by atoms with van der Waals surface area (Å²) in [5.41, 5.74) is -5.61. The summed E-state index contributed by atoms with van der Waals surface area (Å²) in [4.78, 5) is 0. The van der Waals surface area contributed by atoms with E-state index >= 15 is 0 Å². The van der Waals surface area contributed by atoms with Crippen LogP contribution in [0.4, 0.5) is 0 Å². The number of rotatable bonds is 3. The summed E-state index contributed by atoms with van der Waals surface area (Å²) in [5, 5.41) is -7.52. The van der Waals surface area contributed by atoms with Crippen LogP contribution in [0.25, 0.3) is 109 Å². The molecule has 0 aliphatic heterocycles. The summed E-state index contributed by atoms with van der Waals surface area (Å²) in [7, 11) is 0. The van der Waals surface area contributed by atoms with E-state index in [0.29, 0.717) is 0 Å². The van der Waals surface area contributed by atoms with Gasteiger partial charge in [0.2, 0.25) is 0 Å². The van der Waals surface area contributed by atoms with Gasteiger partial charge in [-0.1, -0.05) is 163 Å². The van der Waals surface area contributed by atoms with Crippen LogP contribution < -0.4 is 0 Å². The standard InChI is InChI=1S/C50H30O/c1-2-15-34-30-46-44(29-33(34)14-1)50-42(26-12-28-45(50)51-46)37-25-10-17-32-18-11-27-43(47(32)37)49-40-22-7-5-20-38(40)48(39-21-6-8-23-41(39)49)36-24-9-16-31-13-3-4-19-35(31)36/h1-30H/i1D,2D,3D,4D,5D,6D,7D,8D,9D,10D,11D,12D,13D,14D,15D,16D,17D,18D,19D,20D,21D,22D,24D,25D,26D,27D,28D,29D,30D. The van der Waals surface area contributed by atoms with Crippen LogP contribution in [0.15, 0.2) is 186 Å². The zero-order chi connectivity index (χ0) is 58.7. The molecule has 0 N–H and O–H groups in total. The molecule has 0 saturated heterocycles. The second-order valence-corrected chi connectivity index (χ2v) is 11.3. The lowest BCUT2D eigenvalue weighted by Gasteiger charge is -2.20. The molecule has 0 saturated carbocycles. The number of hydrogen-bond acceptors (Lipinski definition) is 1. The molecule has 0 atom stereocenters. The van der Waals surface area contributed by atoms with Gasteiger partial charge in [-0.2, -0.15) is 0 Å². The largest absolute Gasteiger partial charge is 0.456 e. The van der Waals surface area contributed by atoms with Gasteiger partial charge in [-0.05, 0) is 105 Å². The fourth-order valence-corrected chi connectivity index (χ4v) is 6.65. The second kappa shape index (κ2) is 10.9. The monoisotopic (exact) mass is 675 g/mol. The van der Waals surface area contributed by atoms with Crippen LogP contribution in [0.2, 0.25) is 0 Å². The summed E-state index contributed by atoms with van der Waals surface area (Å²) in [6.07, 6.45) is 0. The molecule has 1 aromatic heterocycles. The van der Waals surface area contributed by atoms with Crippen LogP contribution in [0.5, 0.6) is 0 Å². The smallest absolute Gasteiger partial charge is 0.136 e. The van der Waals surface area contributed by atoms with E-state index in [1.165, 1.54) is 0 Å². The number of fused-ring (bicyclic) bond motifs is 8. The van der Waals surface area contributed by atoms with Gasteiger partial charge in [-0.15, -0.1) is 0 Å². The van der Waals surface area contributed by atoms with E-state index in [2.05, 4.69) is 0 Å². The second-order valence-electron chi connectivity index (χ2n) is 11.3. The Bertz CT molecular complexity index is 4850. The molecule has 236 valence electrons. The molecular formula is C50H30O. The minimum atomic E-state index is -1.05. The molecule has 1 heterocycles. The van der Waals surface area contributed by atoms with Crippen molar-refractivity contribution in [3.05, 3.63) is 181 Å². The molecule has 11 rings (SSSR count). The Labute approximate surface area is 335 Å². The quantitative estimate of drug-likeness (QED) is 0.170. The molecule has 10 aromatic carbocycles. The van der Waals surface area contributed by atoms with Crippen LogP contribution >= 0.6 is 0 Å². The summed E-state index contributed by atoms with van der Waals surface area (Å²) in [5.74, 6) is 0. The third-order valence-electron chi connectivity index (χ3n) is 8.71. The van der Waals surface area contributed by atoms with Gasteiger partial charge in [-0.3, -0.25) is 0 Å². The summed E-state index contributed by atoms with van der Waals surface area (Å²) in [6.45, 7) is 0. The molecule has 51 heavy (non-hydrogen) atoms.